The number of hydrogen-bond acceptors (Lipinski definition) is 3. The van der Waals surface area contributed by atoms with E-state index in [2.05, 4.69) is 17.2 Å². The standard InChI is InChI=1S/C17H22FNO3/c1-5-21-14-10-9-13(15(18)12-14)8-6-7-11-19-16(20)22-17(2,3)4/h9-10,12H,5,7,11H2,1-4H3,(H,19,20). The number of nitrogens with one attached hydrogen (secondary N) is 1. The maximum atomic E-state index is 13.7. The molecule has 1 N–H and O–H groups in total. The number of benzene rings is 1. The van der Waals surface area contributed by atoms with Crippen LogP contribution in [0.2, 0.25) is 0 Å². The average Bonchev–Trinajstić information content (AvgIpc) is 2.39. The van der Waals surface area contributed by atoms with E-state index in [9.17, 15) is 9.18 Å². The molecule has 0 aromatic heterocycles. The van der Waals surface area contributed by atoms with Crippen LogP contribution >= 0.6 is 0 Å². The molecule has 1 amide bonds. The fourth-order valence-electron chi connectivity index (χ4n) is 1.55. The lowest BCUT2D eigenvalue weighted by atomic mass is 10.2. The second kappa shape index (κ2) is 8.28. The Bertz CT molecular complexity index is 567. The van der Waals surface area contributed by atoms with Crippen LogP contribution in [-0.2, 0) is 4.74 Å². The van der Waals surface area contributed by atoms with E-state index in [-0.39, 0.29) is 0 Å². The third kappa shape index (κ3) is 6.98. The van der Waals surface area contributed by atoms with Crippen molar-refractivity contribution in [3.05, 3.63) is 29.6 Å². The summed E-state index contributed by atoms with van der Waals surface area (Å²) in [6, 6.07) is 4.57. The van der Waals surface area contributed by atoms with Gasteiger partial charge in [-0.25, -0.2) is 9.18 Å². The first-order chi connectivity index (χ1) is 10.3. The molecular weight excluding hydrogens is 285 g/mol. The number of amides is 1. The van der Waals surface area contributed by atoms with Gasteiger partial charge in [-0.1, -0.05) is 11.8 Å². The van der Waals surface area contributed by atoms with Crippen LogP contribution in [0.3, 0.4) is 0 Å². The Morgan fingerprint density at radius 3 is 2.68 bits per heavy atom. The predicted octanol–water partition coefficient (Wildman–Crippen LogP) is 3.49. The molecule has 0 aliphatic rings. The van der Waals surface area contributed by atoms with Crippen molar-refractivity contribution in [2.24, 2.45) is 0 Å². The Kier molecular flexibility index (Phi) is 6.71. The number of carbonyl (C=O) groups excluding carboxylic acids is 1. The molecule has 0 aliphatic carbocycles. The monoisotopic (exact) mass is 307 g/mol. The third-order valence-corrected chi connectivity index (χ3v) is 2.39. The fraction of sp³-hybridized carbons (Fsp3) is 0.471. The van der Waals surface area contributed by atoms with Gasteiger partial charge in [-0.05, 0) is 39.8 Å². The number of rotatable bonds is 4. The average molecular weight is 307 g/mol. The maximum Gasteiger partial charge on any atom is 0.407 e. The van der Waals surface area contributed by atoms with Crippen LogP contribution in [0.4, 0.5) is 9.18 Å². The molecule has 0 aliphatic heterocycles. The Balaban J connectivity index is 2.43. The maximum absolute atomic E-state index is 13.7. The summed E-state index contributed by atoms with van der Waals surface area (Å²) in [4.78, 5) is 11.4. The number of hydrogen-bond donors (Lipinski definition) is 1. The molecule has 1 aromatic rings. The van der Waals surface area contributed by atoms with E-state index < -0.39 is 17.5 Å². The molecule has 0 heterocycles. The van der Waals surface area contributed by atoms with Crippen molar-refractivity contribution < 1.29 is 18.7 Å². The molecule has 1 rings (SSSR count). The lowest BCUT2D eigenvalue weighted by molar-refractivity contribution is 0.0529. The Labute approximate surface area is 131 Å². The second-order valence-electron chi connectivity index (χ2n) is 5.56. The van der Waals surface area contributed by atoms with Crippen LogP contribution in [-0.4, -0.2) is 24.8 Å². The first-order valence-corrected chi connectivity index (χ1v) is 7.20. The van der Waals surface area contributed by atoms with Crippen molar-refractivity contribution in [1.29, 1.82) is 0 Å². The van der Waals surface area contributed by atoms with E-state index in [4.69, 9.17) is 9.47 Å². The molecule has 0 bridgehead atoms. The van der Waals surface area contributed by atoms with Gasteiger partial charge in [-0.15, -0.1) is 0 Å². The summed E-state index contributed by atoms with van der Waals surface area (Å²) in [5, 5.41) is 2.59. The normalized spacial score (nSPS) is 10.4. The van der Waals surface area contributed by atoms with E-state index in [0.717, 1.165) is 0 Å². The predicted molar refractivity (Wildman–Crippen MR) is 83.3 cm³/mol. The van der Waals surface area contributed by atoms with E-state index in [1.807, 2.05) is 6.92 Å². The molecule has 0 saturated carbocycles. The van der Waals surface area contributed by atoms with Gasteiger partial charge in [0.15, 0.2) is 0 Å². The van der Waals surface area contributed by atoms with Gasteiger partial charge in [0.2, 0.25) is 0 Å². The summed E-state index contributed by atoms with van der Waals surface area (Å²) in [6.45, 7) is 8.05. The quantitative estimate of drug-likeness (QED) is 0.684. The van der Waals surface area contributed by atoms with Gasteiger partial charge in [0, 0.05) is 19.0 Å². The number of alkyl carbamates (subject to hydrolysis) is 1. The number of carbonyl (C=O) groups is 1. The lowest BCUT2D eigenvalue weighted by Gasteiger charge is -2.19. The zero-order valence-electron chi connectivity index (χ0n) is 13.5. The Hall–Kier alpha value is -2.22. The van der Waals surface area contributed by atoms with Gasteiger partial charge in [0.25, 0.3) is 0 Å². The van der Waals surface area contributed by atoms with E-state index in [1.54, 1.807) is 32.9 Å². The highest BCUT2D eigenvalue weighted by Gasteiger charge is 2.15. The smallest absolute Gasteiger partial charge is 0.407 e. The second-order valence-corrected chi connectivity index (χ2v) is 5.56. The highest BCUT2D eigenvalue weighted by Crippen LogP contribution is 2.15. The third-order valence-electron chi connectivity index (χ3n) is 2.39. The molecule has 0 spiro atoms. The summed E-state index contributed by atoms with van der Waals surface area (Å²) in [5.41, 5.74) is -0.220. The summed E-state index contributed by atoms with van der Waals surface area (Å²) >= 11 is 0. The van der Waals surface area contributed by atoms with Crippen molar-refractivity contribution in [3.8, 4) is 17.6 Å². The largest absolute Gasteiger partial charge is 0.494 e. The molecule has 120 valence electrons. The van der Waals surface area contributed by atoms with Gasteiger partial charge >= 0.3 is 6.09 Å². The van der Waals surface area contributed by atoms with Gasteiger partial charge in [-0.2, -0.15) is 0 Å². The van der Waals surface area contributed by atoms with Crippen molar-refractivity contribution in [3.63, 3.8) is 0 Å². The zero-order chi connectivity index (χ0) is 16.6. The van der Waals surface area contributed by atoms with Crippen LogP contribution in [0.1, 0.15) is 39.7 Å². The van der Waals surface area contributed by atoms with Crippen molar-refractivity contribution >= 4 is 6.09 Å². The van der Waals surface area contributed by atoms with Gasteiger partial charge in [0.05, 0.1) is 12.2 Å². The van der Waals surface area contributed by atoms with Crippen LogP contribution in [0.5, 0.6) is 5.75 Å². The van der Waals surface area contributed by atoms with E-state index >= 15 is 0 Å². The van der Waals surface area contributed by atoms with Gasteiger partial charge in [0.1, 0.15) is 17.2 Å². The van der Waals surface area contributed by atoms with Gasteiger partial charge < -0.3 is 14.8 Å². The first-order valence-electron chi connectivity index (χ1n) is 7.20. The molecule has 1 aromatic carbocycles. The minimum Gasteiger partial charge on any atom is -0.494 e. The van der Waals surface area contributed by atoms with Crippen LogP contribution in [0.25, 0.3) is 0 Å². The molecule has 0 saturated heterocycles. The molecule has 22 heavy (non-hydrogen) atoms. The minimum atomic E-state index is -0.527. The molecule has 0 fully saturated rings. The summed E-state index contributed by atoms with van der Waals surface area (Å²) < 4.78 is 24.0. The molecule has 0 unspecified atom stereocenters. The topological polar surface area (TPSA) is 47.6 Å². The van der Waals surface area contributed by atoms with Crippen molar-refractivity contribution in [1.82, 2.24) is 5.32 Å². The van der Waals surface area contributed by atoms with Crippen molar-refractivity contribution in [2.75, 3.05) is 13.2 Å². The number of ether oxygens (including phenoxy) is 2. The lowest BCUT2D eigenvalue weighted by Crippen LogP contribution is -2.32. The molecular formula is C17H22FNO3. The molecule has 0 atom stereocenters. The SMILES string of the molecule is CCOc1ccc(C#CCCNC(=O)OC(C)(C)C)c(F)c1. The first kappa shape index (κ1) is 17.8. The molecule has 4 nitrogen and oxygen atoms in total. The highest BCUT2D eigenvalue weighted by molar-refractivity contribution is 5.67. The molecule has 5 heteroatoms. The Morgan fingerprint density at radius 1 is 1.36 bits per heavy atom. The van der Waals surface area contributed by atoms with Gasteiger partial charge in [-0.3, -0.25) is 0 Å². The van der Waals surface area contributed by atoms with Crippen molar-refractivity contribution in [2.45, 2.75) is 39.7 Å². The summed E-state index contributed by atoms with van der Waals surface area (Å²) in [6.07, 6.45) is -0.0761. The van der Waals surface area contributed by atoms with Crippen LogP contribution in [0, 0.1) is 17.7 Å². The zero-order valence-corrected chi connectivity index (χ0v) is 13.5. The molecule has 0 radical (unpaired) electrons. The minimum absolute atomic E-state index is 0.306. The highest BCUT2D eigenvalue weighted by atomic mass is 19.1. The summed E-state index contributed by atoms with van der Waals surface area (Å²) in [5.74, 6) is 5.61. The van der Waals surface area contributed by atoms with E-state index in [0.29, 0.717) is 30.9 Å². The Morgan fingerprint density at radius 2 is 2.09 bits per heavy atom. The number of halogens is 1. The summed E-state index contributed by atoms with van der Waals surface area (Å²) in [7, 11) is 0. The van der Waals surface area contributed by atoms with Crippen LogP contribution in [0.15, 0.2) is 18.2 Å². The van der Waals surface area contributed by atoms with E-state index in [1.165, 1.54) is 6.07 Å². The fourth-order valence-corrected chi connectivity index (χ4v) is 1.55. The van der Waals surface area contributed by atoms with Crippen LogP contribution < -0.4 is 10.1 Å².